The predicted octanol–water partition coefficient (Wildman–Crippen LogP) is 3.15. The first-order valence-electron chi connectivity index (χ1n) is 6.63. The Labute approximate surface area is 127 Å². The van der Waals surface area contributed by atoms with Crippen LogP contribution in [0.3, 0.4) is 0 Å². The largest absolute Gasteiger partial charge is 0.354 e. The molecular weight excluding hydrogens is 292 g/mol. The van der Waals surface area contributed by atoms with Gasteiger partial charge in [0.2, 0.25) is 5.91 Å². The van der Waals surface area contributed by atoms with Crippen molar-refractivity contribution in [3.63, 3.8) is 0 Å². The molecule has 2 aromatic rings. The third-order valence-electron chi connectivity index (χ3n) is 3.04. The molecule has 0 unspecified atom stereocenters. The van der Waals surface area contributed by atoms with Gasteiger partial charge >= 0.3 is 0 Å². The van der Waals surface area contributed by atoms with Gasteiger partial charge in [-0.2, -0.15) is 5.10 Å². The number of H-pyrrole nitrogens is 1. The van der Waals surface area contributed by atoms with Crippen LogP contribution < -0.4 is 5.32 Å². The molecule has 0 aliphatic rings. The molecule has 1 atom stereocenters. The Morgan fingerprint density at radius 3 is 3.10 bits per heavy atom. The molecule has 0 saturated heterocycles. The zero-order valence-corrected chi connectivity index (χ0v) is 13.2. The second-order valence-corrected chi connectivity index (χ2v) is 5.85. The van der Waals surface area contributed by atoms with E-state index in [1.165, 1.54) is 0 Å². The lowest BCUT2D eigenvalue weighted by Crippen LogP contribution is -2.32. The van der Waals surface area contributed by atoms with E-state index in [1.54, 1.807) is 15.9 Å². The molecule has 0 fully saturated rings. The minimum atomic E-state index is -0.379. The number of thiophene rings is 1. The topological polar surface area (TPSA) is 62.7 Å². The van der Waals surface area contributed by atoms with E-state index in [1.807, 2.05) is 24.4 Å². The summed E-state index contributed by atoms with van der Waals surface area (Å²) in [5, 5.41) is 11.9. The number of rotatable bonds is 6. The maximum Gasteiger partial charge on any atom is 0.242 e. The number of unbranched alkanes of at least 4 members (excludes halogenated alkanes) is 1. The average Bonchev–Trinajstić information content (AvgIpc) is 3.07. The summed E-state index contributed by atoms with van der Waals surface area (Å²) in [7, 11) is 0. The van der Waals surface area contributed by atoms with Crippen LogP contribution in [0.1, 0.15) is 32.7 Å². The molecule has 2 heterocycles. The number of hydrogen-bond donors (Lipinski definition) is 2. The van der Waals surface area contributed by atoms with Gasteiger partial charge in [0.05, 0.1) is 4.88 Å². The van der Waals surface area contributed by atoms with Crippen LogP contribution >= 0.6 is 23.6 Å². The Bertz CT molecular complexity index is 615. The number of carbonyl (C=O) groups excluding carboxylic acids is 1. The van der Waals surface area contributed by atoms with Crippen LogP contribution in [-0.2, 0) is 4.79 Å². The van der Waals surface area contributed by atoms with E-state index in [9.17, 15) is 4.79 Å². The van der Waals surface area contributed by atoms with E-state index in [4.69, 9.17) is 12.2 Å². The highest BCUT2D eigenvalue weighted by Gasteiger charge is 2.20. The Morgan fingerprint density at radius 2 is 2.45 bits per heavy atom. The first-order chi connectivity index (χ1) is 9.65. The van der Waals surface area contributed by atoms with Gasteiger partial charge in [0.1, 0.15) is 6.04 Å². The van der Waals surface area contributed by atoms with Crippen LogP contribution in [0, 0.1) is 4.77 Å². The molecule has 0 radical (unpaired) electrons. The normalized spacial score (nSPS) is 12.3. The Morgan fingerprint density at radius 1 is 1.65 bits per heavy atom. The van der Waals surface area contributed by atoms with Crippen molar-refractivity contribution in [1.82, 2.24) is 20.1 Å². The van der Waals surface area contributed by atoms with Gasteiger partial charge in [0, 0.05) is 6.54 Å². The first kappa shape index (κ1) is 14.9. The second kappa shape index (κ2) is 6.81. The lowest BCUT2D eigenvalue weighted by atomic mass is 10.2. The van der Waals surface area contributed by atoms with Crippen molar-refractivity contribution in [3.05, 3.63) is 22.3 Å². The predicted molar refractivity (Wildman–Crippen MR) is 83.4 cm³/mol. The van der Waals surface area contributed by atoms with Crippen molar-refractivity contribution >= 4 is 29.5 Å². The summed E-state index contributed by atoms with van der Waals surface area (Å²) in [4.78, 5) is 13.2. The number of aromatic nitrogens is 3. The highest BCUT2D eigenvalue weighted by molar-refractivity contribution is 7.71. The lowest BCUT2D eigenvalue weighted by molar-refractivity contribution is -0.123. The summed E-state index contributed by atoms with van der Waals surface area (Å²) < 4.78 is 2.23. The summed E-state index contributed by atoms with van der Waals surface area (Å²) in [6.45, 7) is 4.62. The molecule has 1 amide bonds. The first-order valence-corrected chi connectivity index (χ1v) is 7.92. The van der Waals surface area contributed by atoms with Gasteiger partial charge in [-0.15, -0.1) is 11.3 Å². The van der Waals surface area contributed by atoms with E-state index < -0.39 is 0 Å². The van der Waals surface area contributed by atoms with Gasteiger partial charge in [-0.3, -0.25) is 14.5 Å². The monoisotopic (exact) mass is 310 g/mol. The fourth-order valence-corrected chi connectivity index (χ4v) is 2.90. The van der Waals surface area contributed by atoms with E-state index >= 15 is 0 Å². The number of nitrogens with zero attached hydrogens (tertiary/aromatic N) is 2. The third-order valence-corrected chi connectivity index (χ3v) is 4.20. The maximum atomic E-state index is 12.2. The summed E-state index contributed by atoms with van der Waals surface area (Å²) in [5.74, 6) is 0.678. The quantitative estimate of drug-likeness (QED) is 0.636. The van der Waals surface area contributed by atoms with Crippen molar-refractivity contribution in [3.8, 4) is 10.7 Å². The molecule has 108 valence electrons. The number of carbonyl (C=O) groups is 1. The standard InChI is InChI=1S/C13H18N4OS2/c1-3-4-7-14-12(18)9(2)17-11(15-16-13(17)19)10-6-5-8-20-10/h5-6,8-9H,3-4,7H2,1-2H3,(H,14,18)(H,16,19)/t9-/m0/s1. The van der Waals surface area contributed by atoms with Crippen LogP contribution in [-0.4, -0.2) is 27.2 Å². The molecule has 2 N–H and O–H groups in total. The highest BCUT2D eigenvalue weighted by Crippen LogP contribution is 2.25. The molecule has 20 heavy (non-hydrogen) atoms. The van der Waals surface area contributed by atoms with E-state index in [-0.39, 0.29) is 11.9 Å². The van der Waals surface area contributed by atoms with Crippen molar-refractivity contribution in [2.45, 2.75) is 32.7 Å². The van der Waals surface area contributed by atoms with Crippen LogP contribution in [0.25, 0.3) is 10.7 Å². The molecule has 0 bridgehead atoms. The Kier molecular flexibility index (Phi) is 5.08. The molecule has 2 aromatic heterocycles. The third kappa shape index (κ3) is 3.16. The van der Waals surface area contributed by atoms with Gasteiger partial charge in [0.25, 0.3) is 0 Å². The van der Waals surface area contributed by atoms with Crippen LogP contribution in [0.4, 0.5) is 0 Å². The van der Waals surface area contributed by atoms with E-state index in [0.29, 0.717) is 17.1 Å². The number of amides is 1. The molecule has 0 spiro atoms. The molecule has 0 aromatic carbocycles. The summed E-state index contributed by atoms with van der Waals surface area (Å²) in [6.07, 6.45) is 2.03. The van der Waals surface area contributed by atoms with Crippen LogP contribution in [0.15, 0.2) is 17.5 Å². The summed E-state index contributed by atoms with van der Waals surface area (Å²) in [6, 6.07) is 3.54. The average molecular weight is 310 g/mol. The van der Waals surface area contributed by atoms with Gasteiger partial charge in [-0.25, -0.2) is 0 Å². The fourth-order valence-electron chi connectivity index (χ4n) is 1.90. The van der Waals surface area contributed by atoms with Crippen molar-refractivity contribution in [1.29, 1.82) is 0 Å². The summed E-state index contributed by atoms with van der Waals surface area (Å²) in [5.41, 5.74) is 0. The van der Waals surface area contributed by atoms with Crippen molar-refractivity contribution < 1.29 is 4.79 Å². The number of hydrogen-bond acceptors (Lipinski definition) is 4. The van der Waals surface area contributed by atoms with Crippen LogP contribution in [0.5, 0.6) is 0 Å². The van der Waals surface area contributed by atoms with Crippen molar-refractivity contribution in [2.24, 2.45) is 0 Å². The second-order valence-electron chi connectivity index (χ2n) is 4.52. The molecule has 0 aliphatic carbocycles. The summed E-state index contributed by atoms with van der Waals surface area (Å²) >= 11 is 6.82. The van der Waals surface area contributed by atoms with Crippen molar-refractivity contribution in [2.75, 3.05) is 6.54 Å². The smallest absolute Gasteiger partial charge is 0.242 e. The van der Waals surface area contributed by atoms with Gasteiger partial charge < -0.3 is 5.32 Å². The maximum absolute atomic E-state index is 12.2. The van der Waals surface area contributed by atoms with Crippen LogP contribution in [0.2, 0.25) is 0 Å². The van der Waals surface area contributed by atoms with E-state index in [2.05, 4.69) is 22.4 Å². The Balaban J connectivity index is 2.22. The van der Waals surface area contributed by atoms with E-state index in [0.717, 1.165) is 17.7 Å². The molecule has 0 aliphatic heterocycles. The SMILES string of the molecule is CCCCNC(=O)[C@H](C)n1c(-c2cccs2)n[nH]c1=S. The fraction of sp³-hybridized carbons (Fsp3) is 0.462. The molecule has 5 nitrogen and oxygen atoms in total. The lowest BCUT2D eigenvalue weighted by Gasteiger charge is -2.15. The molecule has 0 saturated carbocycles. The van der Waals surface area contributed by atoms with Gasteiger partial charge in [0.15, 0.2) is 10.6 Å². The minimum absolute atomic E-state index is 0.0336. The molecular formula is C13H18N4OS2. The van der Waals surface area contributed by atoms with Gasteiger partial charge in [-0.05, 0) is 37.0 Å². The molecule has 7 heteroatoms. The Hall–Kier alpha value is -1.47. The highest BCUT2D eigenvalue weighted by atomic mass is 32.1. The number of aromatic amines is 1. The number of nitrogens with one attached hydrogen (secondary N) is 2. The zero-order chi connectivity index (χ0) is 14.5. The molecule has 2 rings (SSSR count). The zero-order valence-electron chi connectivity index (χ0n) is 11.5. The van der Waals surface area contributed by atoms with Gasteiger partial charge in [-0.1, -0.05) is 19.4 Å². The minimum Gasteiger partial charge on any atom is -0.354 e.